The Hall–Kier alpha value is -0.870. The van der Waals surface area contributed by atoms with Crippen LogP contribution >= 0.6 is 0 Å². The maximum atomic E-state index is 5.38. The molecule has 2 aliphatic heterocycles. The molecule has 3 rings (SSSR count). The zero-order valence-electron chi connectivity index (χ0n) is 9.54. The maximum absolute atomic E-state index is 5.38. The zero-order valence-corrected chi connectivity index (χ0v) is 9.54. The van der Waals surface area contributed by atoms with E-state index in [9.17, 15) is 0 Å². The normalized spacial score (nSPS) is 27.4. The summed E-state index contributed by atoms with van der Waals surface area (Å²) in [6.45, 7) is 2.90. The molecule has 0 aromatic carbocycles. The van der Waals surface area contributed by atoms with E-state index in [0.29, 0.717) is 12.0 Å². The number of ether oxygens (including phenoxy) is 1. The molecule has 2 N–H and O–H groups in total. The van der Waals surface area contributed by atoms with Crippen molar-refractivity contribution >= 4 is 0 Å². The lowest BCUT2D eigenvalue weighted by Crippen LogP contribution is -2.16. The van der Waals surface area contributed by atoms with Gasteiger partial charge in [0.15, 0.2) is 0 Å². The van der Waals surface area contributed by atoms with E-state index >= 15 is 0 Å². The number of H-pyrrole nitrogens is 1. The van der Waals surface area contributed by atoms with Gasteiger partial charge in [0.2, 0.25) is 0 Å². The number of hydrogen-bond acceptors (Lipinski definition) is 3. The summed E-state index contributed by atoms with van der Waals surface area (Å²) in [5.74, 6) is 1.75. The van der Waals surface area contributed by atoms with Crippen molar-refractivity contribution in [1.29, 1.82) is 0 Å². The molecule has 88 valence electrons. The van der Waals surface area contributed by atoms with Crippen molar-refractivity contribution in [3.8, 4) is 0 Å². The number of nitrogens with zero attached hydrogens (tertiary/aromatic N) is 1. The molecule has 0 radical (unpaired) electrons. The second kappa shape index (κ2) is 4.55. The summed E-state index contributed by atoms with van der Waals surface area (Å²) in [6, 6.07) is 0.452. The topological polar surface area (TPSA) is 49.9 Å². The molecule has 1 unspecified atom stereocenters. The lowest BCUT2D eigenvalue weighted by molar-refractivity contribution is 0.0845. The monoisotopic (exact) mass is 221 g/mol. The molecule has 0 bridgehead atoms. The third-order valence-electron chi connectivity index (χ3n) is 3.67. The molecule has 1 atom stereocenters. The summed E-state index contributed by atoms with van der Waals surface area (Å²) in [4.78, 5) is 8.01. The van der Waals surface area contributed by atoms with Gasteiger partial charge >= 0.3 is 0 Å². The molecule has 0 aliphatic carbocycles. The molecule has 0 spiro atoms. The van der Waals surface area contributed by atoms with E-state index in [1.807, 2.05) is 6.20 Å². The second-order valence-corrected chi connectivity index (χ2v) is 4.76. The Balaban J connectivity index is 1.71. The first-order chi connectivity index (χ1) is 7.93. The molecule has 16 heavy (non-hydrogen) atoms. The van der Waals surface area contributed by atoms with Crippen molar-refractivity contribution in [2.24, 2.45) is 0 Å². The summed E-state index contributed by atoms with van der Waals surface area (Å²) < 4.78 is 5.38. The Morgan fingerprint density at radius 2 is 2.12 bits per heavy atom. The standard InChI is InChI=1S/C12H19N3O/c1-2-10(13-5-1)12-14-8-11(15-12)9-3-6-16-7-4-9/h8-10,13H,1-7H2,(H,14,15). The largest absolute Gasteiger partial charge is 0.381 e. The van der Waals surface area contributed by atoms with Gasteiger partial charge < -0.3 is 15.0 Å². The highest BCUT2D eigenvalue weighted by atomic mass is 16.5. The molecule has 2 saturated heterocycles. The molecule has 0 amide bonds. The molecule has 2 fully saturated rings. The minimum Gasteiger partial charge on any atom is -0.381 e. The number of aromatic nitrogens is 2. The highest BCUT2D eigenvalue weighted by Gasteiger charge is 2.22. The molecule has 0 saturated carbocycles. The average molecular weight is 221 g/mol. The Morgan fingerprint density at radius 3 is 2.88 bits per heavy atom. The first-order valence-electron chi connectivity index (χ1n) is 6.29. The quantitative estimate of drug-likeness (QED) is 0.799. The van der Waals surface area contributed by atoms with Gasteiger partial charge in [-0.3, -0.25) is 0 Å². The summed E-state index contributed by atoms with van der Waals surface area (Å²) in [5.41, 5.74) is 1.30. The Kier molecular flexibility index (Phi) is 2.93. The predicted molar refractivity (Wildman–Crippen MR) is 61.4 cm³/mol. The molecule has 4 nitrogen and oxygen atoms in total. The van der Waals surface area contributed by atoms with Gasteiger partial charge in [-0.15, -0.1) is 0 Å². The van der Waals surface area contributed by atoms with E-state index in [0.717, 1.165) is 38.4 Å². The summed E-state index contributed by atoms with van der Waals surface area (Å²) in [7, 11) is 0. The number of aromatic amines is 1. The van der Waals surface area contributed by atoms with Crippen LogP contribution in [-0.4, -0.2) is 29.7 Å². The van der Waals surface area contributed by atoms with E-state index in [1.165, 1.54) is 18.5 Å². The molecule has 4 heteroatoms. The van der Waals surface area contributed by atoms with Gasteiger partial charge in [-0.05, 0) is 32.2 Å². The van der Waals surface area contributed by atoms with Crippen LogP contribution in [0.1, 0.15) is 49.2 Å². The van der Waals surface area contributed by atoms with Crippen molar-refractivity contribution in [2.75, 3.05) is 19.8 Å². The van der Waals surface area contributed by atoms with E-state index in [4.69, 9.17) is 4.74 Å². The van der Waals surface area contributed by atoms with Gasteiger partial charge in [-0.1, -0.05) is 0 Å². The molecular weight excluding hydrogens is 202 g/mol. The summed E-state index contributed by atoms with van der Waals surface area (Å²) in [5, 5.41) is 3.47. The molecular formula is C12H19N3O. The molecule has 2 aliphatic rings. The minimum atomic E-state index is 0.452. The average Bonchev–Trinajstić information content (AvgIpc) is 3.01. The van der Waals surface area contributed by atoms with Crippen molar-refractivity contribution < 1.29 is 4.74 Å². The lowest BCUT2D eigenvalue weighted by atomic mass is 9.97. The van der Waals surface area contributed by atoms with Gasteiger partial charge in [0, 0.05) is 31.0 Å². The highest BCUT2D eigenvalue weighted by Crippen LogP contribution is 2.27. The van der Waals surface area contributed by atoms with Crippen molar-refractivity contribution in [2.45, 2.75) is 37.6 Å². The minimum absolute atomic E-state index is 0.452. The first kappa shape index (κ1) is 10.3. The fourth-order valence-electron chi connectivity index (χ4n) is 2.66. The fraction of sp³-hybridized carbons (Fsp3) is 0.750. The second-order valence-electron chi connectivity index (χ2n) is 4.76. The van der Waals surface area contributed by atoms with Crippen LogP contribution in [0.5, 0.6) is 0 Å². The van der Waals surface area contributed by atoms with Crippen molar-refractivity contribution in [3.05, 3.63) is 17.7 Å². The molecule has 1 aromatic heterocycles. The highest BCUT2D eigenvalue weighted by molar-refractivity contribution is 5.11. The van der Waals surface area contributed by atoms with Crippen LogP contribution in [0.25, 0.3) is 0 Å². The van der Waals surface area contributed by atoms with Crippen molar-refractivity contribution in [1.82, 2.24) is 15.3 Å². The van der Waals surface area contributed by atoms with Crippen LogP contribution in [0.4, 0.5) is 0 Å². The Labute approximate surface area is 95.8 Å². The van der Waals surface area contributed by atoms with E-state index in [2.05, 4.69) is 15.3 Å². The van der Waals surface area contributed by atoms with Crippen LogP contribution in [0, 0.1) is 0 Å². The van der Waals surface area contributed by atoms with Crippen molar-refractivity contribution in [3.63, 3.8) is 0 Å². The third kappa shape index (κ3) is 1.99. The SMILES string of the molecule is c1nc(C2CCCN2)[nH]c1C1CCOCC1. The van der Waals surface area contributed by atoms with Crippen LogP contribution < -0.4 is 5.32 Å². The number of imidazole rings is 1. The van der Waals surface area contributed by atoms with Crippen LogP contribution in [0.15, 0.2) is 6.20 Å². The Morgan fingerprint density at radius 1 is 1.25 bits per heavy atom. The van der Waals surface area contributed by atoms with Gasteiger partial charge in [0.05, 0.1) is 6.04 Å². The predicted octanol–water partition coefficient (Wildman–Crippen LogP) is 1.73. The lowest BCUT2D eigenvalue weighted by Gasteiger charge is -2.20. The van der Waals surface area contributed by atoms with Crippen LogP contribution in [-0.2, 0) is 4.74 Å². The summed E-state index contributed by atoms with van der Waals surface area (Å²) >= 11 is 0. The number of nitrogens with one attached hydrogen (secondary N) is 2. The summed E-state index contributed by atoms with van der Waals surface area (Å²) in [6.07, 6.45) is 6.74. The first-order valence-corrected chi connectivity index (χ1v) is 6.29. The van der Waals surface area contributed by atoms with Gasteiger partial charge in [0.25, 0.3) is 0 Å². The number of hydrogen-bond donors (Lipinski definition) is 2. The van der Waals surface area contributed by atoms with Crippen LogP contribution in [0.2, 0.25) is 0 Å². The van der Waals surface area contributed by atoms with Gasteiger partial charge in [0.1, 0.15) is 5.82 Å². The fourth-order valence-corrected chi connectivity index (χ4v) is 2.66. The molecule has 3 heterocycles. The molecule has 1 aromatic rings. The van der Waals surface area contributed by atoms with E-state index < -0.39 is 0 Å². The Bertz CT molecular complexity index is 338. The maximum Gasteiger partial charge on any atom is 0.123 e. The zero-order chi connectivity index (χ0) is 10.8. The van der Waals surface area contributed by atoms with Gasteiger partial charge in [-0.25, -0.2) is 4.98 Å². The number of rotatable bonds is 2. The smallest absolute Gasteiger partial charge is 0.123 e. The van der Waals surface area contributed by atoms with Gasteiger partial charge in [-0.2, -0.15) is 0 Å². The van der Waals surface area contributed by atoms with Crippen LogP contribution in [0.3, 0.4) is 0 Å². The van der Waals surface area contributed by atoms with E-state index in [-0.39, 0.29) is 0 Å². The van der Waals surface area contributed by atoms with E-state index in [1.54, 1.807) is 0 Å². The third-order valence-corrected chi connectivity index (χ3v) is 3.67.